The highest BCUT2D eigenvalue weighted by atomic mass is 15.2. The van der Waals surface area contributed by atoms with E-state index in [1.165, 1.54) is 18.4 Å². The number of hydrogen-bond acceptors (Lipinski definition) is 4. The maximum atomic E-state index is 4.21. The highest BCUT2D eigenvalue weighted by Crippen LogP contribution is 2.16. The molecule has 3 rings (SSSR count). The molecular formula is C16H23N5. The van der Waals surface area contributed by atoms with Gasteiger partial charge in [0.2, 0.25) is 0 Å². The average Bonchev–Trinajstić information content (AvgIpc) is 3.05. The Morgan fingerprint density at radius 2 is 2.05 bits per heavy atom. The summed E-state index contributed by atoms with van der Waals surface area (Å²) in [6, 6.07) is 11.5. The lowest BCUT2D eigenvalue weighted by Gasteiger charge is -2.33. The van der Waals surface area contributed by atoms with Crippen LogP contribution in [0.25, 0.3) is 0 Å². The lowest BCUT2D eigenvalue weighted by molar-refractivity contribution is 0.184. The van der Waals surface area contributed by atoms with Crippen molar-refractivity contribution in [3.05, 3.63) is 48.0 Å². The molecule has 0 radical (unpaired) electrons. The van der Waals surface area contributed by atoms with E-state index in [2.05, 4.69) is 62.7 Å². The van der Waals surface area contributed by atoms with Gasteiger partial charge in [-0.25, -0.2) is 4.98 Å². The van der Waals surface area contributed by atoms with E-state index >= 15 is 0 Å². The van der Waals surface area contributed by atoms with E-state index < -0.39 is 0 Å². The molecule has 1 saturated heterocycles. The minimum absolute atomic E-state index is 0.234. The number of hydrogen-bond donors (Lipinski definition) is 2. The number of aromatic amines is 1. The molecule has 2 heterocycles. The topological polar surface area (TPSA) is 56.8 Å². The van der Waals surface area contributed by atoms with Crippen molar-refractivity contribution < 1.29 is 0 Å². The predicted molar refractivity (Wildman–Crippen MR) is 82.7 cm³/mol. The molecule has 1 unspecified atom stereocenters. The third-order valence-electron chi connectivity index (χ3n) is 4.17. The van der Waals surface area contributed by atoms with E-state index in [9.17, 15) is 0 Å². The van der Waals surface area contributed by atoms with E-state index in [0.717, 1.165) is 25.5 Å². The Morgan fingerprint density at radius 3 is 2.71 bits per heavy atom. The van der Waals surface area contributed by atoms with Crippen LogP contribution < -0.4 is 5.32 Å². The third kappa shape index (κ3) is 3.89. The third-order valence-corrected chi connectivity index (χ3v) is 4.17. The summed E-state index contributed by atoms with van der Waals surface area (Å²) in [7, 11) is 0. The molecule has 1 aromatic heterocycles. The number of piperidine rings is 1. The first-order valence-corrected chi connectivity index (χ1v) is 7.69. The molecule has 1 fully saturated rings. The van der Waals surface area contributed by atoms with Crippen LogP contribution in [0.3, 0.4) is 0 Å². The minimum atomic E-state index is 0.234. The van der Waals surface area contributed by atoms with Crippen molar-refractivity contribution in [2.75, 3.05) is 13.1 Å². The van der Waals surface area contributed by atoms with E-state index in [1.54, 1.807) is 6.33 Å². The van der Waals surface area contributed by atoms with Crippen molar-refractivity contribution in [1.29, 1.82) is 0 Å². The Morgan fingerprint density at radius 1 is 1.29 bits per heavy atom. The summed E-state index contributed by atoms with van der Waals surface area (Å²) >= 11 is 0. The zero-order chi connectivity index (χ0) is 14.5. The quantitative estimate of drug-likeness (QED) is 0.883. The highest BCUT2D eigenvalue weighted by molar-refractivity contribution is 5.14. The Labute approximate surface area is 125 Å². The van der Waals surface area contributed by atoms with Crippen LogP contribution >= 0.6 is 0 Å². The lowest BCUT2D eigenvalue weighted by atomic mass is 10.0. The zero-order valence-electron chi connectivity index (χ0n) is 12.5. The van der Waals surface area contributed by atoms with Crippen molar-refractivity contribution in [1.82, 2.24) is 25.4 Å². The summed E-state index contributed by atoms with van der Waals surface area (Å²) in [5.41, 5.74) is 1.40. The highest BCUT2D eigenvalue weighted by Gasteiger charge is 2.21. The Hall–Kier alpha value is -1.72. The van der Waals surface area contributed by atoms with Gasteiger partial charge in [0.05, 0.1) is 6.04 Å². The van der Waals surface area contributed by atoms with Gasteiger partial charge in [0, 0.05) is 12.6 Å². The van der Waals surface area contributed by atoms with Gasteiger partial charge in [0.1, 0.15) is 12.2 Å². The van der Waals surface area contributed by atoms with Gasteiger partial charge in [-0.1, -0.05) is 30.3 Å². The first-order chi connectivity index (χ1) is 10.3. The second-order valence-electron chi connectivity index (χ2n) is 5.80. The first kappa shape index (κ1) is 14.2. The van der Waals surface area contributed by atoms with Crippen LogP contribution in [0.1, 0.15) is 37.2 Å². The van der Waals surface area contributed by atoms with Crippen molar-refractivity contribution in [2.24, 2.45) is 0 Å². The largest absolute Gasteiger partial charge is 0.305 e. The van der Waals surface area contributed by atoms with Crippen molar-refractivity contribution in [2.45, 2.75) is 38.4 Å². The van der Waals surface area contributed by atoms with Gasteiger partial charge >= 0.3 is 0 Å². The number of nitrogens with one attached hydrogen (secondary N) is 2. The van der Waals surface area contributed by atoms with Gasteiger partial charge in [0.25, 0.3) is 0 Å². The summed E-state index contributed by atoms with van der Waals surface area (Å²) in [6.45, 7) is 5.49. The molecule has 21 heavy (non-hydrogen) atoms. The van der Waals surface area contributed by atoms with Crippen LogP contribution in [0.4, 0.5) is 0 Å². The molecule has 2 N–H and O–H groups in total. The number of likely N-dealkylation sites (tertiary alicyclic amines) is 1. The van der Waals surface area contributed by atoms with Gasteiger partial charge in [0.15, 0.2) is 0 Å². The van der Waals surface area contributed by atoms with Gasteiger partial charge in [-0.15, -0.1) is 0 Å². The maximum Gasteiger partial charge on any atom is 0.141 e. The smallest absolute Gasteiger partial charge is 0.141 e. The maximum absolute atomic E-state index is 4.21. The van der Waals surface area contributed by atoms with Crippen LogP contribution in [0.2, 0.25) is 0 Å². The molecule has 1 aliphatic rings. The molecule has 0 spiro atoms. The molecule has 0 bridgehead atoms. The average molecular weight is 285 g/mol. The fourth-order valence-corrected chi connectivity index (χ4v) is 2.96. The molecule has 0 saturated carbocycles. The minimum Gasteiger partial charge on any atom is -0.305 e. The normalized spacial score (nSPS) is 18.7. The van der Waals surface area contributed by atoms with Crippen LogP contribution in [0.5, 0.6) is 0 Å². The molecule has 112 valence electrons. The molecule has 0 aliphatic carbocycles. The SMILES string of the molecule is CC(NC1CCN(Cc2ccccc2)CC1)c1ncn[nH]1. The number of rotatable bonds is 5. The van der Waals surface area contributed by atoms with E-state index in [4.69, 9.17) is 0 Å². The van der Waals surface area contributed by atoms with E-state index in [0.29, 0.717) is 6.04 Å². The Bertz CT molecular complexity index is 517. The van der Waals surface area contributed by atoms with Crippen molar-refractivity contribution in [3.63, 3.8) is 0 Å². The predicted octanol–water partition coefficient (Wildman–Crippen LogP) is 2.12. The molecular weight excluding hydrogens is 262 g/mol. The first-order valence-electron chi connectivity index (χ1n) is 7.69. The molecule has 1 aromatic carbocycles. The molecule has 5 nitrogen and oxygen atoms in total. The number of nitrogens with zero attached hydrogens (tertiary/aromatic N) is 3. The monoisotopic (exact) mass is 285 g/mol. The van der Waals surface area contributed by atoms with Crippen LogP contribution in [0.15, 0.2) is 36.7 Å². The summed E-state index contributed by atoms with van der Waals surface area (Å²) in [6.07, 6.45) is 3.94. The molecule has 0 amide bonds. The second-order valence-corrected chi connectivity index (χ2v) is 5.80. The van der Waals surface area contributed by atoms with Crippen molar-refractivity contribution >= 4 is 0 Å². The fraction of sp³-hybridized carbons (Fsp3) is 0.500. The van der Waals surface area contributed by atoms with Crippen LogP contribution in [-0.4, -0.2) is 39.2 Å². The van der Waals surface area contributed by atoms with E-state index in [1.807, 2.05) is 0 Å². The molecule has 1 atom stereocenters. The molecule has 1 aliphatic heterocycles. The van der Waals surface area contributed by atoms with Gasteiger partial charge in [-0.3, -0.25) is 10.00 Å². The van der Waals surface area contributed by atoms with Crippen LogP contribution in [-0.2, 0) is 6.54 Å². The van der Waals surface area contributed by atoms with E-state index in [-0.39, 0.29) is 6.04 Å². The standard InChI is InChI=1S/C16H23N5/c1-13(16-17-12-18-20-16)19-15-7-9-21(10-8-15)11-14-5-3-2-4-6-14/h2-6,12-13,15,19H,7-11H2,1H3,(H,17,18,20). The summed E-state index contributed by atoms with van der Waals surface area (Å²) in [5, 5.41) is 10.5. The molecule has 2 aromatic rings. The lowest BCUT2D eigenvalue weighted by Crippen LogP contribution is -2.43. The Kier molecular flexibility index (Phi) is 4.62. The number of benzene rings is 1. The van der Waals surface area contributed by atoms with Crippen LogP contribution in [0, 0.1) is 0 Å². The fourth-order valence-electron chi connectivity index (χ4n) is 2.96. The van der Waals surface area contributed by atoms with Gasteiger partial charge < -0.3 is 5.32 Å². The summed E-state index contributed by atoms with van der Waals surface area (Å²) in [5.74, 6) is 0.918. The van der Waals surface area contributed by atoms with Gasteiger partial charge in [-0.2, -0.15) is 5.10 Å². The van der Waals surface area contributed by atoms with Crippen molar-refractivity contribution in [3.8, 4) is 0 Å². The number of H-pyrrole nitrogens is 1. The number of aromatic nitrogens is 3. The second kappa shape index (κ2) is 6.83. The Balaban J connectivity index is 1.45. The summed E-state index contributed by atoms with van der Waals surface area (Å²) < 4.78 is 0. The zero-order valence-corrected chi connectivity index (χ0v) is 12.5. The molecule has 5 heteroatoms. The van der Waals surface area contributed by atoms with Gasteiger partial charge in [-0.05, 0) is 38.4 Å². The summed E-state index contributed by atoms with van der Waals surface area (Å²) in [4.78, 5) is 6.75.